The first kappa shape index (κ1) is 14.5. The van der Waals surface area contributed by atoms with Crippen LogP contribution in [0.1, 0.15) is 18.1 Å². The Labute approximate surface area is 109 Å². The van der Waals surface area contributed by atoms with Gasteiger partial charge in [-0.05, 0) is 26.5 Å². The lowest BCUT2D eigenvalue weighted by Gasteiger charge is -2.14. The summed E-state index contributed by atoms with van der Waals surface area (Å²) in [7, 11) is 2.02. The van der Waals surface area contributed by atoms with Crippen molar-refractivity contribution in [3.63, 3.8) is 0 Å². The predicted octanol–water partition coefficient (Wildman–Crippen LogP) is 2.55. The summed E-state index contributed by atoms with van der Waals surface area (Å²) in [6, 6.07) is 8.47. The van der Waals surface area contributed by atoms with Gasteiger partial charge in [0.15, 0.2) is 0 Å². The van der Waals surface area contributed by atoms with Crippen molar-refractivity contribution in [3.05, 3.63) is 47.5 Å². The average molecular weight is 247 g/mol. The molecule has 0 spiro atoms. The Balaban J connectivity index is 2.35. The zero-order valence-corrected chi connectivity index (χ0v) is 11.3. The molecule has 0 atom stereocenters. The number of hydrogen-bond acceptors (Lipinski definition) is 3. The van der Waals surface area contributed by atoms with Crippen LogP contribution in [0.25, 0.3) is 0 Å². The first-order valence-electron chi connectivity index (χ1n) is 6.19. The molecule has 98 valence electrons. The molecule has 3 nitrogen and oxygen atoms in total. The maximum Gasteiger partial charge on any atom is 0.330 e. The molecule has 0 radical (unpaired) electrons. The normalized spacial score (nSPS) is 11.1. The van der Waals surface area contributed by atoms with E-state index in [1.807, 2.05) is 13.1 Å². The largest absolute Gasteiger partial charge is 0.463 e. The summed E-state index contributed by atoms with van der Waals surface area (Å²) in [4.78, 5) is 13.2. The molecule has 1 aromatic rings. The van der Waals surface area contributed by atoms with Crippen molar-refractivity contribution in [2.75, 3.05) is 20.2 Å². The highest BCUT2D eigenvalue weighted by Crippen LogP contribution is 2.05. The van der Waals surface area contributed by atoms with Crippen molar-refractivity contribution in [2.45, 2.75) is 20.4 Å². The molecule has 0 aromatic heterocycles. The van der Waals surface area contributed by atoms with Crippen LogP contribution in [-0.4, -0.2) is 31.1 Å². The van der Waals surface area contributed by atoms with Gasteiger partial charge >= 0.3 is 5.97 Å². The number of ether oxygens (including phenoxy) is 1. The lowest BCUT2D eigenvalue weighted by molar-refractivity contribution is -0.137. The lowest BCUT2D eigenvalue weighted by atomic mass is 10.1. The van der Waals surface area contributed by atoms with E-state index in [0.29, 0.717) is 6.61 Å². The number of rotatable bonds is 6. The fourth-order valence-corrected chi connectivity index (χ4v) is 1.59. The van der Waals surface area contributed by atoms with Crippen LogP contribution in [0.3, 0.4) is 0 Å². The molecule has 3 heteroatoms. The van der Waals surface area contributed by atoms with E-state index in [0.717, 1.165) is 13.1 Å². The first-order valence-corrected chi connectivity index (χ1v) is 6.19. The van der Waals surface area contributed by atoms with E-state index in [9.17, 15) is 4.79 Å². The van der Waals surface area contributed by atoms with Crippen LogP contribution in [0.4, 0.5) is 0 Å². The number of esters is 1. The van der Waals surface area contributed by atoms with E-state index >= 15 is 0 Å². The van der Waals surface area contributed by atoms with Crippen molar-refractivity contribution < 1.29 is 9.53 Å². The molecular weight excluding hydrogens is 226 g/mol. The lowest BCUT2D eigenvalue weighted by Crippen LogP contribution is -2.17. The quantitative estimate of drug-likeness (QED) is 0.571. The Morgan fingerprint density at radius 3 is 2.61 bits per heavy atom. The highest BCUT2D eigenvalue weighted by molar-refractivity contribution is 5.81. The third-order valence-electron chi connectivity index (χ3n) is 2.53. The molecular formula is C15H21NO2. The number of aryl methyl sites for hydroxylation is 1. The van der Waals surface area contributed by atoms with Crippen LogP contribution < -0.4 is 0 Å². The smallest absolute Gasteiger partial charge is 0.330 e. The van der Waals surface area contributed by atoms with Crippen molar-refractivity contribution in [3.8, 4) is 0 Å². The van der Waals surface area contributed by atoms with E-state index in [2.05, 4.69) is 36.1 Å². The molecule has 18 heavy (non-hydrogen) atoms. The number of carbonyl (C=O) groups excluding carboxylic acids is 1. The topological polar surface area (TPSA) is 29.5 Å². The zero-order valence-electron chi connectivity index (χ0n) is 11.3. The van der Waals surface area contributed by atoms with Gasteiger partial charge in [0, 0.05) is 19.2 Å². The van der Waals surface area contributed by atoms with Gasteiger partial charge in [-0.2, -0.15) is 0 Å². The minimum Gasteiger partial charge on any atom is -0.463 e. The van der Waals surface area contributed by atoms with Gasteiger partial charge in [0.05, 0.1) is 6.61 Å². The second-order valence-electron chi connectivity index (χ2n) is 4.34. The first-order chi connectivity index (χ1) is 8.61. The van der Waals surface area contributed by atoms with Gasteiger partial charge in [-0.1, -0.05) is 35.9 Å². The summed E-state index contributed by atoms with van der Waals surface area (Å²) in [6.07, 6.45) is 3.31. The van der Waals surface area contributed by atoms with Crippen LogP contribution in [0.2, 0.25) is 0 Å². The van der Waals surface area contributed by atoms with Crippen LogP contribution in [0.15, 0.2) is 36.4 Å². The van der Waals surface area contributed by atoms with Gasteiger partial charge in [-0.3, -0.25) is 4.90 Å². The number of hydrogen-bond donors (Lipinski definition) is 0. The average Bonchev–Trinajstić information content (AvgIpc) is 2.32. The number of carbonyl (C=O) groups is 1. The Morgan fingerprint density at radius 2 is 2.00 bits per heavy atom. The molecule has 0 aliphatic heterocycles. The standard InChI is InChI=1S/C15H21NO2/c1-4-18-15(17)6-5-11-16(3)12-14-9-7-13(2)8-10-14/h5-10H,4,11-12H2,1-3H3/b6-5+. The molecule has 0 saturated carbocycles. The van der Waals surface area contributed by atoms with Crippen molar-refractivity contribution in [1.82, 2.24) is 4.90 Å². The minimum atomic E-state index is -0.277. The molecule has 0 amide bonds. The van der Waals surface area contributed by atoms with E-state index in [1.54, 1.807) is 6.92 Å². The molecule has 0 bridgehead atoms. The molecule has 0 aliphatic rings. The van der Waals surface area contributed by atoms with Crippen LogP contribution in [0, 0.1) is 6.92 Å². The number of nitrogens with zero attached hydrogens (tertiary/aromatic N) is 1. The Bertz CT molecular complexity index is 395. The Hall–Kier alpha value is -1.61. The summed E-state index contributed by atoms with van der Waals surface area (Å²) in [5, 5.41) is 0. The zero-order chi connectivity index (χ0) is 13.4. The highest BCUT2D eigenvalue weighted by atomic mass is 16.5. The molecule has 0 heterocycles. The second-order valence-corrected chi connectivity index (χ2v) is 4.34. The van der Waals surface area contributed by atoms with Crippen molar-refractivity contribution >= 4 is 5.97 Å². The van der Waals surface area contributed by atoms with Crippen LogP contribution in [-0.2, 0) is 16.1 Å². The third-order valence-corrected chi connectivity index (χ3v) is 2.53. The van der Waals surface area contributed by atoms with Crippen LogP contribution >= 0.6 is 0 Å². The molecule has 0 N–H and O–H groups in total. The summed E-state index contributed by atoms with van der Waals surface area (Å²) in [5.74, 6) is -0.277. The van der Waals surface area contributed by atoms with Gasteiger partial charge in [-0.15, -0.1) is 0 Å². The predicted molar refractivity (Wildman–Crippen MR) is 73.3 cm³/mol. The van der Waals surface area contributed by atoms with Gasteiger partial charge in [0.2, 0.25) is 0 Å². The van der Waals surface area contributed by atoms with Crippen molar-refractivity contribution in [1.29, 1.82) is 0 Å². The SMILES string of the molecule is CCOC(=O)/C=C/CN(C)Cc1ccc(C)cc1. The summed E-state index contributed by atoms with van der Waals surface area (Å²) >= 11 is 0. The number of likely N-dealkylation sites (N-methyl/N-ethyl adjacent to an activating group) is 1. The van der Waals surface area contributed by atoms with E-state index < -0.39 is 0 Å². The van der Waals surface area contributed by atoms with E-state index in [1.165, 1.54) is 17.2 Å². The van der Waals surface area contributed by atoms with Gasteiger partial charge in [0.1, 0.15) is 0 Å². The molecule has 0 saturated heterocycles. The fraction of sp³-hybridized carbons (Fsp3) is 0.400. The maximum atomic E-state index is 11.1. The van der Waals surface area contributed by atoms with Gasteiger partial charge in [0.25, 0.3) is 0 Å². The van der Waals surface area contributed by atoms with Crippen LogP contribution in [0.5, 0.6) is 0 Å². The summed E-state index contributed by atoms with van der Waals surface area (Å²) in [5.41, 5.74) is 2.54. The van der Waals surface area contributed by atoms with Gasteiger partial charge < -0.3 is 4.74 Å². The monoisotopic (exact) mass is 247 g/mol. The van der Waals surface area contributed by atoms with Crippen molar-refractivity contribution in [2.24, 2.45) is 0 Å². The second kappa shape index (κ2) is 7.67. The number of benzene rings is 1. The summed E-state index contributed by atoms with van der Waals surface area (Å²) < 4.78 is 4.81. The molecule has 0 unspecified atom stereocenters. The third kappa shape index (κ3) is 5.64. The van der Waals surface area contributed by atoms with Gasteiger partial charge in [-0.25, -0.2) is 4.79 Å². The Kier molecular flexibility index (Phi) is 6.15. The molecule has 1 rings (SSSR count). The molecule has 1 aromatic carbocycles. The highest BCUT2D eigenvalue weighted by Gasteiger charge is 1.99. The fourth-order valence-electron chi connectivity index (χ4n) is 1.59. The molecule has 0 aliphatic carbocycles. The van der Waals surface area contributed by atoms with E-state index in [4.69, 9.17) is 4.74 Å². The molecule has 0 fully saturated rings. The minimum absolute atomic E-state index is 0.277. The van der Waals surface area contributed by atoms with E-state index in [-0.39, 0.29) is 5.97 Å². The Morgan fingerprint density at radius 1 is 1.33 bits per heavy atom. The maximum absolute atomic E-state index is 11.1. The summed E-state index contributed by atoms with van der Waals surface area (Å²) in [6.45, 7) is 5.90.